The van der Waals surface area contributed by atoms with E-state index in [-0.39, 0.29) is 22.9 Å². The molecule has 0 fully saturated rings. The molecular formula is C14H13F2NO3S. The summed E-state index contributed by atoms with van der Waals surface area (Å²) < 4.78 is 58.4. The van der Waals surface area contributed by atoms with Gasteiger partial charge in [-0.2, -0.15) is 0 Å². The largest absolute Gasteiger partial charge is 0.491 e. The minimum atomic E-state index is -4.08. The van der Waals surface area contributed by atoms with Gasteiger partial charge < -0.3 is 4.74 Å². The standard InChI is InChI=1S/C14H13F2NO3S/c1-2-20-14-8-7-10(9-12(14)16)21(18,19)17-13-6-4-3-5-11(13)15/h3-9,17H,2H2,1H3. The molecule has 0 atom stereocenters. The highest BCUT2D eigenvalue weighted by atomic mass is 32.2. The first kappa shape index (κ1) is 15.2. The van der Waals surface area contributed by atoms with Gasteiger partial charge in [0.25, 0.3) is 10.0 Å². The van der Waals surface area contributed by atoms with Crippen LogP contribution in [-0.2, 0) is 10.0 Å². The van der Waals surface area contributed by atoms with Crippen molar-refractivity contribution in [2.45, 2.75) is 11.8 Å². The molecule has 4 nitrogen and oxygen atoms in total. The molecule has 112 valence electrons. The molecule has 0 radical (unpaired) electrons. The van der Waals surface area contributed by atoms with E-state index in [1.807, 2.05) is 0 Å². The van der Waals surface area contributed by atoms with E-state index >= 15 is 0 Å². The summed E-state index contributed by atoms with van der Waals surface area (Å²) in [5.41, 5.74) is -0.202. The van der Waals surface area contributed by atoms with Crippen LogP contribution in [0, 0.1) is 11.6 Å². The zero-order valence-corrected chi connectivity index (χ0v) is 12.0. The van der Waals surface area contributed by atoms with Crippen molar-refractivity contribution in [3.05, 3.63) is 54.1 Å². The lowest BCUT2D eigenvalue weighted by molar-refractivity contribution is 0.321. The van der Waals surface area contributed by atoms with Gasteiger partial charge in [0, 0.05) is 0 Å². The molecule has 2 aromatic carbocycles. The Hall–Kier alpha value is -2.15. The SMILES string of the molecule is CCOc1ccc(S(=O)(=O)Nc2ccccc2F)cc1F. The first-order valence-corrected chi connectivity index (χ1v) is 7.62. The van der Waals surface area contributed by atoms with E-state index in [2.05, 4.69) is 4.72 Å². The van der Waals surface area contributed by atoms with Crippen LogP contribution >= 0.6 is 0 Å². The van der Waals surface area contributed by atoms with Crippen LogP contribution in [0.1, 0.15) is 6.92 Å². The molecule has 0 heterocycles. The predicted octanol–water partition coefficient (Wildman–Crippen LogP) is 3.16. The Morgan fingerprint density at radius 3 is 2.43 bits per heavy atom. The van der Waals surface area contributed by atoms with E-state index in [1.165, 1.54) is 30.3 Å². The van der Waals surface area contributed by atoms with Crippen LogP contribution in [0.15, 0.2) is 47.4 Å². The van der Waals surface area contributed by atoms with Crippen LogP contribution in [0.5, 0.6) is 5.75 Å². The van der Waals surface area contributed by atoms with Crippen LogP contribution in [0.2, 0.25) is 0 Å². The molecule has 0 saturated heterocycles. The summed E-state index contributed by atoms with van der Waals surface area (Å²) in [5.74, 6) is -1.55. The zero-order valence-electron chi connectivity index (χ0n) is 11.1. The zero-order chi connectivity index (χ0) is 15.5. The van der Waals surface area contributed by atoms with Crippen molar-refractivity contribution in [2.24, 2.45) is 0 Å². The van der Waals surface area contributed by atoms with Crippen molar-refractivity contribution in [1.29, 1.82) is 0 Å². The van der Waals surface area contributed by atoms with E-state index in [1.54, 1.807) is 6.92 Å². The first-order valence-electron chi connectivity index (χ1n) is 6.13. The summed E-state index contributed by atoms with van der Waals surface area (Å²) in [6.07, 6.45) is 0. The number of ether oxygens (including phenoxy) is 1. The van der Waals surface area contributed by atoms with Gasteiger partial charge in [0.15, 0.2) is 11.6 Å². The minimum Gasteiger partial charge on any atom is -0.491 e. The van der Waals surface area contributed by atoms with Gasteiger partial charge in [-0.25, -0.2) is 17.2 Å². The summed E-state index contributed by atoms with van der Waals surface area (Å²) in [4.78, 5) is -0.313. The highest BCUT2D eigenvalue weighted by Gasteiger charge is 2.18. The first-order chi connectivity index (χ1) is 9.94. The van der Waals surface area contributed by atoms with Gasteiger partial charge in [-0.3, -0.25) is 4.72 Å². The van der Waals surface area contributed by atoms with Crippen LogP contribution in [0.25, 0.3) is 0 Å². The third-order valence-corrected chi connectivity index (χ3v) is 3.99. The summed E-state index contributed by atoms with van der Waals surface area (Å²) in [6.45, 7) is 1.94. The number of sulfonamides is 1. The quantitative estimate of drug-likeness (QED) is 0.922. The lowest BCUT2D eigenvalue weighted by Gasteiger charge is -2.10. The number of halogens is 2. The molecule has 2 aromatic rings. The number of hydrogen-bond acceptors (Lipinski definition) is 3. The monoisotopic (exact) mass is 313 g/mol. The Labute approximate surface area is 121 Å². The third-order valence-electron chi connectivity index (χ3n) is 2.63. The van der Waals surface area contributed by atoms with Gasteiger partial charge in [0.1, 0.15) is 5.82 Å². The predicted molar refractivity (Wildman–Crippen MR) is 74.8 cm³/mol. The van der Waals surface area contributed by atoms with Crippen LogP contribution in [0.4, 0.5) is 14.5 Å². The molecule has 0 aliphatic carbocycles. The van der Waals surface area contributed by atoms with E-state index in [4.69, 9.17) is 4.74 Å². The molecule has 0 spiro atoms. The lowest BCUT2D eigenvalue weighted by Crippen LogP contribution is -2.14. The topological polar surface area (TPSA) is 55.4 Å². The highest BCUT2D eigenvalue weighted by Crippen LogP contribution is 2.23. The van der Waals surface area contributed by atoms with E-state index < -0.39 is 21.7 Å². The minimum absolute atomic E-state index is 0.0395. The molecule has 0 aliphatic rings. The molecule has 0 amide bonds. The van der Waals surface area contributed by atoms with Crippen molar-refractivity contribution in [2.75, 3.05) is 11.3 Å². The number of benzene rings is 2. The second kappa shape index (κ2) is 6.09. The Kier molecular flexibility index (Phi) is 4.42. The van der Waals surface area contributed by atoms with Gasteiger partial charge in [0.05, 0.1) is 17.2 Å². The second-order valence-corrected chi connectivity index (χ2v) is 5.79. The fourth-order valence-electron chi connectivity index (χ4n) is 1.67. The molecule has 0 aliphatic heterocycles. The van der Waals surface area contributed by atoms with Crippen molar-refractivity contribution in [3.63, 3.8) is 0 Å². The maximum atomic E-state index is 13.7. The molecule has 0 saturated carbocycles. The third kappa shape index (κ3) is 3.49. The average molecular weight is 313 g/mol. The summed E-state index contributed by atoms with van der Waals surface area (Å²) >= 11 is 0. The fourth-order valence-corrected chi connectivity index (χ4v) is 2.75. The summed E-state index contributed by atoms with van der Waals surface area (Å²) in [7, 11) is -4.08. The van der Waals surface area contributed by atoms with Gasteiger partial charge in [-0.15, -0.1) is 0 Å². The molecule has 1 N–H and O–H groups in total. The Morgan fingerprint density at radius 1 is 1.10 bits per heavy atom. The molecule has 0 aromatic heterocycles. The number of hydrogen-bond donors (Lipinski definition) is 1. The number of nitrogens with one attached hydrogen (secondary N) is 1. The molecule has 7 heteroatoms. The molecule has 0 bridgehead atoms. The molecule has 0 unspecified atom stereocenters. The van der Waals surface area contributed by atoms with Gasteiger partial charge in [-0.05, 0) is 37.3 Å². The van der Waals surface area contributed by atoms with E-state index in [9.17, 15) is 17.2 Å². The van der Waals surface area contributed by atoms with Crippen molar-refractivity contribution in [3.8, 4) is 5.75 Å². The highest BCUT2D eigenvalue weighted by molar-refractivity contribution is 7.92. The van der Waals surface area contributed by atoms with Crippen molar-refractivity contribution >= 4 is 15.7 Å². The van der Waals surface area contributed by atoms with Gasteiger partial charge in [0.2, 0.25) is 0 Å². The second-order valence-electron chi connectivity index (χ2n) is 4.11. The van der Waals surface area contributed by atoms with Gasteiger partial charge >= 0.3 is 0 Å². The Balaban J connectivity index is 2.32. The molecule has 2 rings (SSSR count). The number of anilines is 1. The average Bonchev–Trinajstić information content (AvgIpc) is 2.43. The maximum absolute atomic E-state index is 13.7. The molecular weight excluding hydrogens is 300 g/mol. The maximum Gasteiger partial charge on any atom is 0.262 e. The number of rotatable bonds is 5. The van der Waals surface area contributed by atoms with E-state index in [0.29, 0.717) is 0 Å². The Morgan fingerprint density at radius 2 is 1.81 bits per heavy atom. The number of para-hydroxylation sites is 1. The molecule has 21 heavy (non-hydrogen) atoms. The van der Waals surface area contributed by atoms with Crippen LogP contribution in [0.3, 0.4) is 0 Å². The van der Waals surface area contributed by atoms with E-state index in [0.717, 1.165) is 12.1 Å². The Bertz CT molecular complexity index is 748. The summed E-state index contributed by atoms with van der Waals surface area (Å²) in [6, 6.07) is 8.55. The van der Waals surface area contributed by atoms with Crippen LogP contribution in [-0.4, -0.2) is 15.0 Å². The summed E-state index contributed by atoms with van der Waals surface area (Å²) in [5, 5.41) is 0. The fraction of sp³-hybridized carbons (Fsp3) is 0.143. The van der Waals surface area contributed by atoms with Gasteiger partial charge in [-0.1, -0.05) is 12.1 Å². The lowest BCUT2D eigenvalue weighted by atomic mass is 10.3. The van der Waals surface area contributed by atoms with Crippen molar-refractivity contribution in [1.82, 2.24) is 0 Å². The normalized spacial score (nSPS) is 11.2. The van der Waals surface area contributed by atoms with Crippen LogP contribution < -0.4 is 9.46 Å². The smallest absolute Gasteiger partial charge is 0.262 e. The van der Waals surface area contributed by atoms with Crippen molar-refractivity contribution < 1.29 is 21.9 Å².